The minimum absolute atomic E-state index is 0.133. The van der Waals surface area contributed by atoms with E-state index < -0.39 is 0 Å². The van der Waals surface area contributed by atoms with E-state index in [1.807, 2.05) is 11.9 Å². The topological polar surface area (TPSA) is 46.6 Å². The highest BCUT2D eigenvalue weighted by Crippen LogP contribution is 2.44. The molecule has 1 aliphatic carbocycles. The summed E-state index contributed by atoms with van der Waals surface area (Å²) in [6, 6.07) is 0. The highest BCUT2D eigenvalue weighted by molar-refractivity contribution is 5.76. The van der Waals surface area contributed by atoms with Crippen molar-refractivity contribution in [2.45, 2.75) is 100.0 Å². The first-order valence-electron chi connectivity index (χ1n) is 12.9. The van der Waals surface area contributed by atoms with Crippen molar-refractivity contribution in [1.82, 2.24) is 4.90 Å². The summed E-state index contributed by atoms with van der Waals surface area (Å²) in [5.41, 5.74) is 7.94. The zero-order chi connectivity index (χ0) is 24.9. The Bertz CT molecular complexity index is 815. The molecule has 0 radical (unpaired) electrons. The first-order chi connectivity index (χ1) is 15.5. The predicted octanol–water partition coefficient (Wildman–Crippen LogP) is 6.61. The number of esters is 1. The molecule has 4 atom stereocenters. The quantitative estimate of drug-likeness (QED) is 0.371. The van der Waals surface area contributed by atoms with Gasteiger partial charge < -0.3 is 9.64 Å². The van der Waals surface area contributed by atoms with Gasteiger partial charge in [-0.05, 0) is 117 Å². The third kappa shape index (κ3) is 6.61. The van der Waals surface area contributed by atoms with E-state index in [1.165, 1.54) is 53.3 Å². The van der Waals surface area contributed by atoms with Gasteiger partial charge in [-0.25, -0.2) is 0 Å². The van der Waals surface area contributed by atoms with E-state index in [-0.39, 0.29) is 11.9 Å². The van der Waals surface area contributed by atoms with E-state index in [4.69, 9.17) is 4.74 Å². The molecule has 1 fully saturated rings. The summed E-state index contributed by atoms with van der Waals surface area (Å²) >= 11 is 0. The van der Waals surface area contributed by atoms with Gasteiger partial charge in [0.25, 0.3) is 0 Å². The average Bonchev–Trinajstić information content (AvgIpc) is 3.13. The Morgan fingerprint density at radius 1 is 0.909 bits per heavy atom. The lowest BCUT2D eigenvalue weighted by molar-refractivity contribution is -0.140. The number of hydrogen-bond acceptors (Lipinski definition) is 3. The van der Waals surface area contributed by atoms with Crippen LogP contribution in [-0.2, 0) is 20.9 Å². The van der Waals surface area contributed by atoms with E-state index >= 15 is 0 Å². The van der Waals surface area contributed by atoms with Gasteiger partial charge in [0.1, 0.15) is 0 Å². The Labute approximate surface area is 202 Å². The number of carbonyl (C=O) groups is 2. The number of benzene rings is 1. The van der Waals surface area contributed by atoms with Crippen LogP contribution in [0.1, 0.15) is 92.2 Å². The number of rotatable bonds is 10. The van der Waals surface area contributed by atoms with Gasteiger partial charge in [-0.3, -0.25) is 9.59 Å². The summed E-state index contributed by atoms with van der Waals surface area (Å²) in [5.74, 6) is 2.68. The molecule has 2 rings (SSSR count). The molecule has 1 saturated carbocycles. The molecule has 0 aliphatic heterocycles. The number of methoxy groups -OCH3 is 1. The van der Waals surface area contributed by atoms with Crippen LogP contribution >= 0.6 is 0 Å². The van der Waals surface area contributed by atoms with E-state index in [0.29, 0.717) is 37.1 Å². The van der Waals surface area contributed by atoms with Crippen molar-refractivity contribution in [2.75, 3.05) is 14.2 Å². The van der Waals surface area contributed by atoms with Crippen molar-refractivity contribution in [3.63, 3.8) is 0 Å². The van der Waals surface area contributed by atoms with E-state index in [9.17, 15) is 9.59 Å². The van der Waals surface area contributed by atoms with E-state index in [2.05, 4.69) is 48.5 Å². The zero-order valence-electron chi connectivity index (χ0n) is 22.6. The maximum atomic E-state index is 13.2. The van der Waals surface area contributed by atoms with Gasteiger partial charge in [-0.15, -0.1) is 0 Å². The van der Waals surface area contributed by atoms with Gasteiger partial charge in [0, 0.05) is 26.4 Å². The minimum Gasteiger partial charge on any atom is -0.469 e. The van der Waals surface area contributed by atoms with Crippen molar-refractivity contribution in [3.05, 3.63) is 33.4 Å². The number of nitrogens with zero attached hydrogens (tertiary/aromatic N) is 1. The highest BCUT2D eigenvalue weighted by Gasteiger charge is 2.35. The molecular formula is C29H47NO3. The van der Waals surface area contributed by atoms with Crippen molar-refractivity contribution < 1.29 is 14.3 Å². The van der Waals surface area contributed by atoms with Crippen LogP contribution in [0.2, 0.25) is 0 Å². The third-order valence-corrected chi connectivity index (χ3v) is 9.02. The lowest BCUT2D eigenvalue weighted by atomic mass is 9.77. The standard InChI is InChI=1S/C29H47NO3/c1-18-13-15-26(19(18)2)25(11-10-12-29(32)33-9)14-16-28(31)30(8)17-27-23(6)21(4)20(3)22(5)24(27)7/h18-19,25-26H,10-17H2,1-9H3/t18-,19?,25+,26+/m1/s1. The van der Waals surface area contributed by atoms with Gasteiger partial charge >= 0.3 is 5.97 Å². The summed E-state index contributed by atoms with van der Waals surface area (Å²) in [6.07, 6.45) is 6.34. The molecule has 0 bridgehead atoms. The van der Waals surface area contributed by atoms with Gasteiger partial charge in [-0.2, -0.15) is 0 Å². The fraction of sp³-hybridized carbons (Fsp3) is 0.724. The van der Waals surface area contributed by atoms with Gasteiger partial charge in [-0.1, -0.05) is 20.3 Å². The Kier molecular flexibility index (Phi) is 10.00. The Morgan fingerprint density at radius 3 is 2.00 bits per heavy atom. The maximum absolute atomic E-state index is 13.2. The molecule has 0 saturated heterocycles. The van der Waals surface area contributed by atoms with Crippen molar-refractivity contribution in [2.24, 2.45) is 23.7 Å². The van der Waals surface area contributed by atoms with Crippen LogP contribution in [0.25, 0.3) is 0 Å². The predicted molar refractivity (Wildman–Crippen MR) is 136 cm³/mol. The fourth-order valence-corrected chi connectivity index (χ4v) is 5.89. The molecule has 1 aromatic carbocycles. The van der Waals surface area contributed by atoms with Crippen LogP contribution < -0.4 is 0 Å². The second-order valence-corrected chi connectivity index (χ2v) is 10.7. The van der Waals surface area contributed by atoms with Crippen LogP contribution in [0.5, 0.6) is 0 Å². The summed E-state index contributed by atoms with van der Waals surface area (Å²) in [6.45, 7) is 16.3. The average molecular weight is 458 g/mol. The Balaban J connectivity index is 2.04. The lowest BCUT2D eigenvalue weighted by Gasteiger charge is -2.29. The molecule has 33 heavy (non-hydrogen) atoms. The molecule has 4 nitrogen and oxygen atoms in total. The van der Waals surface area contributed by atoms with Crippen LogP contribution in [0.4, 0.5) is 0 Å². The summed E-state index contributed by atoms with van der Waals surface area (Å²) < 4.78 is 4.83. The van der Waals surface area contributed by atoms with E-state index in [0.717, 1.165) is 25.2 Å². The molecule has 0 N–H and O–H groups in total. The molecule has 0 aromatic heterocycles. The molecule has 1 aromatic rings. The minimum atomic E-state index is -0.133. The SMILES string of the molecule is COC(=O)CCC[C@@H](CCC(=O)N(C)Cc1c(C)c(C)c(C)c(C)c1C)[C@H]1CC[C@@H](C)C1C. The van der Waals surface area contributed by atoms with Crippen LogP contribution in [0.3, 0.4) is 0 Å². The second kappa shape index (κ2) is 12.0. The monoisotopic (exact) mass is 457 g/mol. The van der Waals surface area contributed by atoms with Gasteiger partial charge in [0.2, 0.25) is 5.91 Å². The Hall–Kier alpha value is -1.84. The molecule has 0 spiro atoms. The summed E-state index contributed by atoms with van der Waals surface area (Å²) in [4.78, 5) is 26.7. The van der Waals surface area contributed by atoms with Crippen LogP contribution in [0, 0.1) is 58.3 Å². The number of ether oxygens (including phenoxy) is 1. The first-order valence-corrected chi connectivity index (χ1v) is 12.9. The lowest BCUT2D eigenvalue weighted by Crippen LogP contribution is -2.29. The zero-order valence-corrected chi connectivity index (χ0v) is 22.6. The van der Waals surface area contributed by atoms with E-state index in [1.54, 1.807) is 0 Å². The van der Waals surface area contributed by atoms with Crippen molar-refractivity contribution in [3.8, 4) is 0 Å². The number of hydrogen-bond donors (Lipinski definition) is 0. The van der Waals surface area contributed by atoms with Gasteiger partial charge in [0.15, 0.2) is 0 Å². The molecule has 1 unspecified atom stereocenters. The van der Waals surface area contributed by atoms with Crippen LogP contribution in [0.15, 0.2) is 0 Å². The number of amides is 1. The second-order valence-electron chi connectivity index (χ2n) is 10.7. The highest BCUT2D eigenvalue weighted by atomic mass is 16.5. The molecular weight excluding hydrogens is 410 g/mol. The molecule has 186 valence electrons. The first kappa shape index (κ1) is 27.4. The maximum Gasteiger partial charge on any atom is 0.305 e. The van der Waals surface area contributed by atoms with Gasteiger partial charge in [0.05, 0.1) is 7.11 Å². The van der Waals surface area contributed by atoms with Crippen molar-refractivity contribution >= 4 is 11.9 Å². The summed E-state index contributed by atoms with van der Waals surface area (Å²) in [7, 11) is 3.40. The third-order valence-electron chi connectivity index (χ3n) is 9.02. The normalized spacial score (nSPS) is 21.2. The molecule has 1 amide bonds. The number of carbonyl (C=O) groups excluding carboxylic acids is 2. The fourth-order valence-electron chi connectivity index (χ4n) is 5.89. The summed E-state index contributed by atoms with van der Waals surface area (Å²) in [5, 5.41) is 0. The Morgan fingerprint density at radius 2 is 1.48 bits per heavy atom. The molecule has 4 heteroatoms. The smallest absolute Gasteiger partial charge is 0.305 e. The molecule has 0 heterocycles. The molecule has 1 aliphatic rings. The largest absolute Gasteiger partial charge is 0.469 e. The van der Waals surface area contributed by atoms with Crippen molar-refractivity contribution in [1.29, 1.82) is 0 Å². The van der Waals surface area contributed by atoms with Crippen LogP contribution in [-0.4, -0.2) is 30.9 Å².